The third kappa shape index (κ3) is 3.37. The maximum absolute atomic E-state index is 12.5. The van der Waals surface area contributed by atoms with Gasteiger partial charge < -0.3 is 9.64 Å². The van der Waals surface area contributed by atoms with E-state index in [9.17, 15) is 4.79 Å². The maximum atomic E-state index is 12.5. The van der Waals surface area contributed by atoms with E-state index in [1.54, 1.807) is 11.8 Å². The number of methoxy groups -OCH3 is 1. The molecule has 3 rings (SSSR count). The van der Waals surface area contributed by atoms with Crippen molar-refractivity contribution in [2.75, 3.05) is 33.8 Å². The molecule has 0 spiro atoms. The monoisotopic (exact) mass is 320 g/mol. The number of aryl methyl sites for hydroxylation is 2. The highest BCUT2D eigenvalue weighted by molar-refractivity contribution is 5.78. The Morgan fingerprint density at radius 1 is 1.39 bits per heavy atom. The number of aromatic nitrogens is 2. The Bertz CT molecular complexity index is 579. The molecule has 1 aromatic heterocycles. The average Bonchev–Trinajstić information content (AvgIpc) is 3.13. The Kier molecular flexibility index (Phi) is 4.62. The quantitative estimate of drug-likeness (QED) is 0.801. The molecule has 128 valence electrons. The normalized spacial score (nSPS) is 21.7. The highest BCUT2D eigenvalue weighted by atomic mass is 16.5. The molecule has 0 bridgehead atoms. The van der Waals surface area contributed by atoms with Crippen LogP contribution in [0.5, 0.6) is 5.88 Å². The molecule has 0 aromatic carbocycles. The molecule has 1 saturated carbocycles. The van der Waals surface area contributed by atoms with Crippen LogP contribution in [0.2, 0.25) is 0 Å². The molecule has 1 atom stereocenters. The third-order valence-electron chi connectivity index (χ3n) is 5.10. The van der Waals surface area contributed by atoms with E-state index in [0.717, 1.165) is 49.0 Å². The molecule has 1 aliphatic carbocycles. The van der Waals surface area contributed by atoms with E-state index in [-0.39, 0.29) is 11.9 Å². The van der Waals surface area contributed by atoms with Crippen LogP contribution in [0.3, 0.4) is 0 Å². The van der Waals surface area contributed by atoms with Crippen molar-refractivity contribution >= 4 is 5.91 Å². The number of likely N-dealkylation sites (tertiary alicyclic amines) is 1. The summed E-state index contributed by atoms with van der Waals surface area (Å²) < 4.78 is 7.34. The Labute approximate surface area is 138 Å². The highest BCUT2D eigenvalue weighted by Crippen LogP contribution is 2.38. The van der Waals surface area contributed by atoms with E-state index in [1.165, 1.54) is 12.8 Å². The van der Waals surface area contributed by atoms with E-state index >= 15 is 0 Å². The number of carbonyl (C=O) groups is 1. The fourth-order valence-electron chi connectivity index (χ4n) is 3.71. The fourth-order valence-corrected chi connectivity index (χ4v) is 3.71. The van der Waals surface area contributed by atoms with Crippen molar-refractivity contribution in [2.45, 2.75) is 38.6 Å². The van der Waals surface area contributed by atoms with Gasteiger partial charge in [-0.2, -0.15) is 5.10 Å². The third-order valence-corrected chi connectivity index (χ3v) is 5.10. The molecule has 6 heteroatoms. The minimum absolute atomic E-state index is 0.226. The summed E-state index contributed by atoms with van der Waals surface area (Å²) in [7, 11) is 5.53. The van der Waals surface area contributed by atoms with Crippen molar-refractivity contribution in [2.24, 2.45) is 13.0 Å². The molecule has 1 amide bonds. The summed E-state index contributed by atoms with van der Waals surface area (Å²) in [6, 6.07) is 0.233. The van der Waals surface area contributed by atoms with Gasteiger partial charge in [0, 0.05) is 26.7 Å². The van der Waals surface area contributed by atoms with E-state index in [1.807, 2.05) is 25.9 Å². The number of nitrogens with zero attached hydrogens (tertiary/aromatic N) is 4. The molecule has 2 fully saturated rings. The van der Waals surface area contributed by atoms with Gasteiger partial charge in [0.25, 0.3) is 0 Å². The molecule has 0 N–H and O–H groups in total. The first kappa shape index (κ1) is 16.3. The van der Waals surface area contributed by atoms with Crippen LogP contribution in [0.15, 0.2) is 0 Å². The van der Waals surface area contributed by atoms with Crippen molar-refractivity contribution < 1.29 is 9.53 Å². The standard InChI is InChI=1S/C17H28N4O2/c1-12-16(17(23-4)20(3)18-12)14-6-5-9-21(14)11-15(22)19(2)10-13-7-8-13/h13-14H,5-11H2,1-4H3/t14-/m1/s1. The van der Waals surface area contributed by atoms with Gasteiger partial charge in [0.05, 0.1) is 24.9 Å². The predicted octanol–water partition coefficient (Wildman–Crippen LogP) is 1.74. The number of hydrogen-bond acceptors (Lipinski definition) is 4. The minimum Gasteiger partial charge on any atom is -0.481 e. The lowest BCUT2D eigenvalue weighted by molar-refractivity contribution is -0.131. The molecular weight excluding hydrogens is 292 g/mol. The van der Waals surface area contributed by atoms with Crippen molar-refractivity contribution in [1.82, 2.24) is 19.6 Å². The van der Waals surface area contributed by atoms with Crippen LogP contribution in [0.25, 0.3) is 0 Å². The molecule has 1 aromatic rings. The zero-order valence-electron chi connectivity index (χ0n) is 14.7. The number of ether oxygens (including phenoxy) is 1. The topological polar surface area (TPSA) is 50.6 Å². The summed E-state index contributed by atoms with van der Waals surface area (Å²) in [5, 5.41) is 4.49. The Balaban J connectivity index is 1.71. The highest BCUT2D eigenvalue weighted by Gasteiger charge is 2.34. The number of carbonyl (C=O) groups excluding carboxylic acids is 1. The Morgan fingerprint density at radius 2 is 2.13 bits per heavy atom. The van der Waals surface area contributed by atoms with Crippen LogP contribution in [0, 0.1) is 12.8 Å². The van der Waals surface area contributed by atoms with Crippen LogP contribution in [-0.4, -0.2) is 59.3 Å². The molecule has 23 heavy (non-hydrogen) atoms. The zero-order valence-corrected chi connectivity index (χ0v) is 14.7. The average molecular weight is 320 g/mol. The van der Waals surface area contributed by atoms with Crippen LogP contribution in [0.1, 0.15) is 43.0 Å². The van der Waals surface area contributed by atoms with Crippen LogP contribution >= 0.6 is 0 Å². The van der Waals surface area contributed by atoms with Gasteiger partial charge in [0.15, 0.2) is 0 Å². The number of likely N-dealkylation sites (N-methyl/N-ethyl adjacent to an activating group) is 1. The van der Waals surface area contributed by atoms with Crippen LogP contribution in [0.4, 0.5) is 0 Å². The summed E-state index contributed by atoms with van der Waals surface area (Å²) in [5.74, 6) is 1.78. The van der Waals surface area contributed by atoms with Crippen LogP contribution in [-0.2, 0) is 11.8 Å². The molecule has 2 aliphatic rings. The number of rotatable bonds is 6. The fraction of sp³-hybridized carbons (Fsp3) is 0.765. The molecule has 0 radical (unpaired) electrons. The lowest BCUT2D eigenvalue weighted by Crippen LogP contribution is -2.39. The predicted molar refractivity (Wildman–Crippen MR) is 88.4 cm³/mol. The lowest BCUT2D eigenvalue weighted by Gasteiger charge is -2.27. The molecule has 2 heterocycles. The first-order valence-corrected chi connectivity index (χ1v) is 8.56. The maximum Gasteiger partial charge on any atom is 0.236 e. The summed E-state index contributed by atoms with van der Waals surface area (Å²) in [6.07, 6.45) is 4.72. The van der Waals surface area contributed by atoms with Crippen LogP contribution < -0.4 is 4.74 Å². The van der Waals surface area contributed by atoms with Gasteiger partial charge in [-0.05, 0) is 45.1 Å². The first-order valence-electron chi connectivity index (χ1n) is 8.56. The molecule has 1 aliphatic heterocycles. The zero-order chi connectivity index (χ0) is 16.6. The van der Waals surface area contributed by atoms with Crippen molar-refractivity contribution in [1.29, 1.82) is 0 Å². The minimum atomic E-state index is 0.226. The van der Waals surface area contributed by atoms with Gasteiger partial charge in [-0.1, -0.05) is 0 Å². The van der Waals surface area contributed by atoms with Crippen molar-refractivity contribution in [3.05, 3.63) is 11.3 Å². The van der Waals surface area contributed by atoms with Crippen molar-refractivity contribution in [3.8, 4) is 5.88 Å². The van der Waals surface area contributed by atoms with Gasteiger partial charge in [-0.25, -0.2) is 4.68 Å². The van der Waals surface area contributed by atoms with Gasteiger partial charge in [0.1, 0.15) is 0 Å². The molecular formula is C17H28N4O2. The largest absolute Gasteiger partial charge is 0.481 e. The van der Waals surface area contributed by atoms with E-state index in [2.05, 4.69) is 10.00 Å². The van der Waals surface area contributed by atoms with E-state index < -0.39 is 0 Å². The Hall–Kier alpha value is -1.56. The summed E-state index contributed by atoms with van der Waals surface area (Å²) >= 11 is 0. The molecule has 6 nitrogen and oxygen atoms in total. The number of amides is 1. The van der Waals surface area contributed by atoms with Gasteiger partial charge in [-0.15, -0.1) is 0 Å². The lowest BCUT2D eigenvalue weighted by atomic mass is 10.0. The van der Waals surface area contributed by atoms with E-state index in [4.69, 9.17) is 4.74 Å². The van der Waals surface area contributed by atoms with Gasteiger partial charge >= 0.3 is 0 Å². The summed E-state index contributed by atoms with van der Waals surface area (Å²) in [4.78, 5) is 16.7. The smallest absolute Gasteiger partial charge is 0.236 e. The SMILES string of the molecule is COc1c([C@H]2CCCN2CC(=O)N(C)CC2CC2)c(C)nn1C. The molecule has 0 unspecified atom stereocenters. The van der Waals surface area contributed by atoms with Gasteiger partial charge in [-0.3, -0.25) is 9.69 Å². The Morgan fingerprint density at radius 3 is 2.78 bits per heavy atom. The van der Waals surface area contributed by atoms with Gasteiger partial charge in [0.2, 0.25) is 11.8 Å². The summed E-state index contributed by atoms with van der Waals surface area (Å²) in [6.45, 7) is 4.39. The first-order chi connectivity index (χ1) is 11.0. The summed E-state index contributed by atoms with van der Waals surface area (Å²) in [5.41, 5.74) is 2.14. The van der Waals surface area contributed by atoms with Crippen molar-refractivity contribution in [3.63, 3.8) is 0 Å². The second-order valence-corrected chi connectivity index (χ2v) is 6.98. The number of hydrogen-bond donors (Lipinski definition) is 0. The second-order valence-electron chi connectivity index (χ2n) is 6.98. The second kappa shape index (κ2) is 6.51. The van der Waals surface area contributed by atoms with E-state index in [0.29, 0.717) is 6.54 Å². The molecule has 1 saturated heterocycles.